The van der Waals surface area contributed by atoms with Crippen molar-refractivity contribution in [2.24, 2.45) is 12.8 Å². The number of benzene rings is 2. The summed E-state index contributed by atoms with van der Waals surface area (Å²) in [7, 11) is 1.46. The molecule has 1 aliphatic rings. The van der Waals surface area contributed by atoms with Gasteiger partial charge in [-0.1, -0.05) is 67.9 Å². The van der Waals surface area contributed by atoms with Crippen LogP contribution in [0, 0.1) is 18.3 Å². The van der Waals surface area contributed by atoms with Crippen LogP contribution in [0.4, 0.5) is 5.82 Å². The van der Waals surface area contributed by atoms with Crippen molar-refractivity contribution >= 4 is 5.82 Å². The number of nitrogens with two attached hydrogens (primary N) is 1. The molecule has 2 heterocycles. The average Bonchev–Trinajstić information content (AvgIpc) is 2.86. The van der Waals surface area contributed by atoms with Gasteiger partial charge in [-0.15, -0.1) is 0 Å². The van der Waals surface area contributed by atoms with Gasteiger partial charge in [0.25, 0.3) is 5.56 Å². The standard InChI is InChI=1S/C18H21N5O2.C7H8.C2H6/c1-21-17(24)9-16(22-8-4-7-15(20)12-22)23(18(21)25)11-14-6-3-2-5-13(14)10-19;1-7-5-3-2-4-6-7;1-2/h2-3,5-6,9,15H,4,7-8,11-12,20H2,1H3;2-6H,1H3;1-2H3. The molecule has 1 aromatic heterocycles. The predicted octanol–water partition coefficient (Wildman–Crippen LogP) is 3.42. The van der Waals surface area contributed by atoms with Crippen LogP contribution in [0.1, 0.15) is 43.4 Å². The van der Waals surface area contributed by atoms with Crippen molar-refractivity contribution < 1.29 is 0 Å². The van der Waals surface area contributed by atoms with E-state index in [1.807, 2.05) is 49.1 Å². The predicted molar refractivity (Wildman–Crippen MR) is 138 cm³/mol. The molecule has 1 aliphatic heterocycles. The average molecular weight is 462 g/mol. The van der Waals surface area contributed by atoms with Crippen molar-refractivity contribution in [2.45, 2.75) is 46.2 Å². The van der Waals surface area contributed by atoms with Crippen LogP contribution in [0.5, 0.6) is 0 Å². The summed E-state index contributed by atoms with van der Waals surface area (Å²) in [5, 5.41) is 9.30. The summed E-state index contributed by atoms with van der Waals surface area (Å²) < 4.78 is 2.64. The van der Waals surface area contributed by atoms with Crippen molar-refractivity contribution in [2.75, 3.05) is 18.0 Å². The van der Waals surface area contributed by atoms with Gasteiger partial charge in [0.05, 0.1) is 18.2 Å². The molecule has 1 saturated heterocycles. The van der Waals surface area contributed by atoms with Crippen molar-refractivity contribution in [1.29, 1.82) is 5.26 Å². The summed E-state index contributed by atoms with van der Waals surface area (Å²) in [6, 6.07) is 21.1. The minimum Gasteiger partial charge on any atom is -0.356 e. The van der Waals surface area contributed by atoms with Gasteiger partial charge in [0.15, 0.2) is 0 Å². The third-order valence-corrected chi connectivity index (χ3v) is 5.57. The Morgan fingerprint density at radius 3 is 2.29 bits per heavy atom. The molecule has 34 heavy (non-hydrogen) atoms. The van der Waals surface area contributed by atoms with Crippen LogP contribution in [0.3, 0.4) is 0 Å². The van der Waals surface area contributed by atoms with E-state index in [1.54, 1.807) is 16.7 Å². The number of aromatic nitrogens is 2. The Balaban J connectivity index is 0.000000384. The Morgan fingerprint density at radius 2 is 1.71 bits per heavy atom. The molecule has 0 saturated carbocycles. The number of hydrogen-bond acceptors (Lipinski definition) is 5. The van der Waals surface area contributed by atoms with Gasteiger partial charge in [0.2, 0.25) is 0 Å². The molecular weight excluding hydrogens is 426 g/mol. The lowest BCUT2D eigenvalue weighted by molar-refractivity contribution is 0.491. The molecule has 3 aromatic rings. The molecular formula is C27H35N5O2. The van der Waals surface area contributed by atoms with Crippen LogP contribution in [0.25, 0.3) is 0 Å². The van der Waals surface area contributed by atoms with Crippen LogP contribution in [-0.4, -0.2) is 28.3 Å². The lowest BCUT2D eigenvalue weighted by Crippen LogP contribution is -2.47. The molecule has 0 radical (unpaired) electrons. The summed E-state index contributed by atoms with van der Waals surface area (Å²) in [5.41, 5.74) is 7.91. The number of hydrogen-bond donors (Lipinski definition) is 1. The van der Waals surface area contributed by atoms with E-state index in [-0.39, 0.29) is 18.1 Å². The molecule has 2 aromatic carbocycles. The fourth-order valence-corrected chi connectivity index (χ4v) is 3.76. The normalized spacial score (nSPS) is 14.7. The molecule has 7 nitrogen and oxygen atoms in total. The Bertz CT molecular complexity index is 1210. The fourth-order valence-electron chi connectivity index (χ4n) is 3.76. The van der Waals surface area contributed by atoms with E-state index >= 15 is 0 Å². The third kappa shape index (κ3) is 6.93. The number of aryl methyl sites for hydroxylation is 1. The maximum Gasteiger partial charge on any atom is 0.332 e. The van der Waals surface area contributed by atoms with Gasteiger partial charge in [0, 0.05) is 32.2 Å². The first kappa shape index (κ1) is 26.6. The van der Waals surface area contributed by atoms with E-state index in [9.17, 15) is 14.9 Å². The number of nitriles is 1. The Kier molecular flexibility index (Phi) is 10.3. The fraction of sp³-hybridized carbons (Fsp3) is 0.370. The molecule has 1 atom stereocenters. The van der Waals surface area contributed by atoms with Gasteiger partial charge in [-0.3, -0.25) is 13.9 Å². The first-order valence-corrected chi connectivity index (χ1v) is 11.7. The van der Waals surface area contributed by atoms with Crippen molar-refractivity contribution in [3.8, 4) is 6.07 Å². The molecule has 180 valence electrons. The summed E-state index contributed by atoms with van der Waals surface area (Å²) in [6.45, 7) is 7.67. The number of nitrogens with zero attached hydrogens (tertiary/aromatic N) is 4. The van der Waals surface area contributed by atoms with Gasteiger partial charge in [-0.2, -0.15) is 5.26 Å². The highest BCUT2D eigenvalue weighted by molar-refractivity contribution is 5.42. The van der Waals surface area contributed by atoms with Crippen LogP contribution in [0.2, 0.25) is 0 Å². The van der Waals surface area contributed by atoms with Crippen LogP contribution in [0.15, 0.2) is 70.3 Å². The van der Waals surface area contributed by atoms with Crippen molar-refractivity contribution in [1.82, 2.24) is 9.13 Å². The molecule has 0 spiro atoms. The number of piperidine rings is 1. The third-order valence-electron chi connectivity index (χ3n) is 5.57. The molecule has 0 amide bonds. The smallest absolute Gasteiger partial charge is 0.332 e. The summed E-state index contributed by atoms with van der Waals surface area (Å²) >= 11 is 0. The minimum absolute atomic E-state index is 0.0211. The van der Waals surface area contributed by atoms with Gasteiger partial charge in [-0.25, -0.2) is 4.79 Å². The van der Waals surface area contributed by atoms with E-state index in [0.29, 0.717) is 17.9 Å². The van der Waals surface area contributed by atoms with Crippen molar-refractivity contribution in [3.05, 3.63) is 98.2 Å². The maximum atomic E-state index is 12.7. The molecule has 0 bridgehead atoms. The minimum atomic E-state index is -0.394. The summed E-state index contributed by atoms with van der Waals surface area (Å²) in [4.78, 5) is 26.9. The van der Waals surface area contributed by atoms with Crippen LogP contribution in [-0.2, 0) is 13.6 Å². The monoisotopic (exact) mass is 461 g/mol. The molecule has 0 aliphatic carbocycles. The van der Waals surface area contributed by atoms with Gasteiger partial charge in [-0.05, 0) is 31.4 Å². The number of rotatable bonds is 3. The maximum absolute atomic E-state index is 12.7. The zero-order valence-electron chi connectivity index (χ0n) is 20.6. The first-order chi connectivity index (χ1) is 16.4. The second kappa shape index (κ2) is 13.2. The Hall–Kier alpha value is -3.63. The summed E-state index contributed by atoms with van der Waals surface area (Å²) in [5.74, 6) is 0.566. The molecule has 1 fully saturated rings. The molecule has 4 rings (SSSR count). The lowest BCUT2D eigenvalue weighted by atomic mass is 10.1. The highest BCUT2D eigenvalue weighted by atomic mass is 16.2. The second-order valence-electron chi connectivity index (χ2n) is 8.04. The zero-order valence-corrected chi connectivity index (χ0v) is 20.6. The Labute approximate surface area is 201 Å². The van der Waals surface area contributed by atoms with Gasteiger partial charge < -0.3 is 10.6 Å². The van der Waals surface area contributed by atoms with E-state index in [4.69, 9.17) is 5.73 Å². The van der Waals surface area contributed by atoms with Crippen LogP contribution >= 0.6 is 0 Å². The van der Waals surface area contributed by atoms with Gasteiger partial charge >= 0.3 is 5.69 Å². The van der Waals surface area contributed by atoms with E-state index in [2.05, 4.69) is 25.1 Å². The van der Waals surface area contributed by atoms with E-state index in [0.717, 1.165) is 29.5 Å². The highest BCUT2D eigenvalue weighted by Crippen LogP contribution is 2.19. The highest BCUT2D eigenvalue weighted by Gasteiger charge is 2.22. The summed E-state index contributed by atoms with van der Waals surface area (Å²) in [6.07, 6.45) is 1.85. The molecule has 7 heteroatoms. The Morgan fingerprint density at radius 1 is 1.06 bits per heavy atom. The topological polar surface area (TPSA) is 97.1 Å². The largest absolute Gasteiger partial charge is 0.356 e. The van der Waals surface area contributed by atoms with E-state index < -0.39 is 5.69 Å². The zero-order chi connectivity index (χ0) is 25.1. The van der Waals surface area contributed by atoms with Gasteiger partial charge in [0.1, 0.15) is 5.82 Å². The quantitative estimate of drug-likeness (QED) is 0.645. The second-order valence-corrected chi connectivity index (χ2v) is 8.04. The lowest BCUT2D eigenvalue weighted by Gasteiger charge is -2.34. The molecule has 1 unspecified atom stereocenters. The SMILES string of the molecule is CC.Cc1ccccc1.Cn1c(=O)cc(N2CCCC(N)C2)n(Cc2ccccc2C#N)c1=O. The first-order valence-electron chi connectivity index (χ1n) is 11.7. The molecule has 2 N–H and O–H groups in total. The van der Waals surface area contributed by atoms with E-state index in [1.165, 1.54) is 18.7 Å². The van der Waals surface area contributed by atoms with Crippen molar-refractivity contribution in [3.63, 3.8) is 0 Å². The van der Waals surface area contributed by atoms with Crippen LogP contribution < -0.4 is 21.9 Å². The number of anilines is 1.